The van der Waals surface area contributed by atoms with E-state index in [4.69, 9.17) is 4.74 Å². The van der Waals surface area contributed by atoms with E-state index >= 15 is 0 Å². The zero-order valence-corrected chi connectivity index (χ0v) is 12.6. The topological polar surface area (TPSA) is 41.6 Å². The molecular weight excluding hydrogens is 284 g/mol. The molecule has 21 heavy (non-hydrogen) atoms. The first kappa shape index (κ1) is 12.7. The van der Waals surface area contributed by atoms with Gasteiger partial charge in [-0.15, -0.1) is 11.3 Å². The Kier molecular flexibility index (Phi) is 2.89. The first-order valence-corrected chi connectivity index (χ1v) is 8.07. The van der Waals surface area contributed by atoms with E-state index in [1.807, 2.05) is 19.1 Å². The number of amides is 1. The third-order valence-corrected chi connectivity index (χ3v) is 5.07. The number of carbonyl (C=O) groups excluding carboxylic acids is 1. The summed E-state index contributed by atoms with van der Waals surface area (Å²) in [5.74, 6) is 0.784. The summed E-state index contributed by atoms with van der Waals surface area (Å²) < 4.78 is 5.65. The van der Waals surface area contributed by atoms with Crippen LogP contribution in [0.2, 0.25) is 0 Å². The standard InChI is InChI=1S/C16H16N2O2S/c1-2-20-12-5-3-4-11-14(12)17-16(19)15-10-7-9-21-13(10)6-8-18(11)15/h3-5,7,9,15H,2,6,8H2,1H3,(H,17,19). The Hall–Kier alpha value is -2.01. The number of hydrogen-bond donors (Lipinski definition) is 1. The molecule has 1 atom stereocenters. The number of anilines is 2. The molecule has 0 radical (unpaired) electrons. The first-order chi connectivity index (χ1) is 10.3. The van der Waals surface area contributed by atoms with Crippen molar-refractivity contribution in [3.8, 4) is 5.75 Å². The molecule has 5 heteroatoms. The third-order valence-electron chi connectivity index (χ3n) is 4.08. The molecule has 1 aromatic heterocycles. The van der Waals surface area contributed by atoms with E-state index in [-0.39, 0.29) is 11.9 Å². The maximum atomic E-state index is 12.6. The normalized spacial score (nSPS) is 19.4. The van der Waals surface area contributed by atoms with E-state index in [1.54, 1.807) is 11.3 Å². The molecule has 0 spiro atoms. The molecule has 2 aliphatic heterocycles. The number of rotatable bonds is 2. The second kappa shape index (κ2) is 4.77. The number of benzene rings is 1. The molecule has 0 aliphatic carbocycles. The predicted molar refractivity (Wildman–Crippen MR) is 84.4 cm³/mol. The molecule has 1 N–H and O–H groups in total. The van der Waals surface area contributed by atoms with Crippen LogP contribution in [-0.4, -0.2) is 19.1 Å². The molecule has 4 rings (SSSR count). The fourth-order valence-corrected chi connectivity index (χ4v) is 4.11. The van der Waals surface area contributed by atoms with Gasteiger partial charge in [-0.1, -0.05) is 6.07 Å². The second-order valence-electron chi connectivity index (χ2n) is 5.22. The van der Waals surface area contributed by atoms with Gasteiger partial charge in [-0.05, 0) is 42.5 Å². The van der Waals surface area contributed by atoms with Crippen LogP contribution in [-0.2, 0) is 11.2 Å². The molecule has 3 heterocycles. The van der Waals surface area contributed by atoms with Crippen LogP contribution in [0.25, 0.3) is 0 Å². The van der Waals surface area contributed by atoms with Gasteiger partial charge in [-0.2, -0.15) is 0 Å². The molecule has 108 valence electrons. The summed E-state index contributed by atoms with van der Waals surface area (Å²) in [7, 11) is 0. The van der Waals surface area contributed by atoms with E-state index in [2.05, 4.69) is 27.7 Å². The van der Waals surface area contributed by atoms with Gasteiger partial charge in [0.25, 0.3) is 5.91 Å². The number of nitrogens with one attached hydrogen (secondary N) is 1. The summed E-state index contributed by atoms with van der Waals surface area (Å²) >= 11 is 1.74. The molecular formula is C16H16N2O2S. The van der Waals surface area contributed by atoms with E-state index in [0.29, 0.717) is 6.61 Å². The van der Waals surface area contributed by atoms with Gasteiger partial charge in [0.15, 0.2) is 0 Å². The zero-order valence-electron chi connectivity index (χ0n) is 11.8. The van der Waals surface area contributed by atoms with Crippen molar-refractivity contribution in [1.29, 1.82) is 0 Å². The molecule has 2 aromatic rings. The van der Waals surface area contributed by atoms with Crippen LogP contribution in [0.15, 0.2) is 29.6 Å². The molecule has 0 saturated heterocycles. The lowest BCUT2D eigenvalue weighted by molar-refractivity contribution is -0.117. The Labute approximate surface area is 127 Å². The molecule has 4 nitrogen and oxygen atoms in total. The van der Waals surface area contributed by atoms with Gasteiger partial charge in [0.1, 0.15) is 17.5 Å². The van der Waals surface area contributed by atoms with Gasteiger partial charge in [0, 0.05) is 11.4 Å². The fraction of sp³-hybridized carbons (Fsp3) is 0.312. The Balaban J connectivity index is 1.83. The van der Waals surface area contributed by atoms with Crippen molar-refractivity contribution in [2.24, 2.45) is 0 Å². The van der Waals surface area contributed by atoms with Crippen molar-refractivity contribution >= 4 is 28.6 Å². The minimum absolute atomic E-state index is 0.0361. The van der Waals surface area contributed by atoms with Gasteiger partial charge in [-0.3, -0.25) is 4.79 Å². The number of thiophene rings is 1. The second-order valence-corrected chi connectivity index (χ2v) is 6.22. The number of fused-ring (bicyclic) bond motifs is 5. The van der Waals surface area contributed by atoms with Gasteiger partial charge < -0.3 is 15.0 Å². The predicted octanol–water partition coefficient (Wildman–Crippen LogP) is 3.20. The summed E-state index contributed by atoms with van der Waals surface area (Å²) in [4.78, 5) is 16.1. The van der Waals surface area contributed by atoms with Crippen molar-refractivity contribution in [1.82, 2.24) is 0 Å². The van der Waals surface area contributed by atoms with Crippen LogP contribution in [0, 0.1) is 0 Å². The number of para-hydroxylation sites is 1. The van der Waals surface area contributed by atoms with Crippen LogP contribution in [0.5, 0.6) is 5.75 Å². The largest absolute Gasteiger partial charge is 0.492 e. The maximum Gasteiger partial charge on any atom is 0.251 e. The smallest absolute Gasteiger partial charge is 0.251 e. The highest BCUT2D eigenvalue weighted by Gasteiger charge is 2.39. The zero-order chi connectivity index (χ0) is 14.4. The number of carbonyl (C=O) groups is 1. The Bertz CT molecular complexity index is 710. The Morgan fingerprint density at radius 1 is 1.43 bits per heavy atom. The Morgan fingerprint density at radius 2 is 2.33 bits per heavy atom. The lowest BCUT2D eigenvalue weighted by Gasteiger charge is -2.41. The number of hydrogen-bond acceptors (Lipinski definition) is 4. The first-order valence-electron chi connectivity index (χ1n) is 7.19. The summed E-state index contributed by atoms with van der Waals surface area (Å²) in [5.41, 5.74) is 3.01. The molecule has 0 saturated carbocycles. The number of ether oxygens (including phenoxy) is 1. The van der Waals surface area contributed by atoms with E-state index < -0.39 is 0 Å². The Morgan fingerprint density at radius 3 is 3.19 bits per heavy atom. The molecule has 2 aliphatic rings. The lowest BCUT2D eigenvalue weighted by atomic mass is 9.95. The van der Waals surface area contributed by atoms with Crippen molar-refractivity contribution in [2.45, 2.75) is 19.4 Å². The van der Waals surface area contributed by atoms with Crippen LogP contribution in [0.4, 0.5) is 11.4 Å². The van der Waals surface area contributed by atoms with Crippen molar-refractivity contribution in [3.05, 3.63) is 40.1 Å². The van der Waals surface area contributed by atoms with E-state index in [9.17, 15) is 4.79 Å². The monoisotopic (exact) mass is 300 g/mol. The van der Waals surface area contributed by atoms with E-state index in [1.165, 1.54) is 4.88 Å². The van der Waals surface area contributed by atoms with Gasteiger partial charge in [0.05, 0.1) is 12.3 Å². The van der Waals surface area contributed by atoms with Gasteiger partial charge >= 0.3 is 0 Å². The maximum absolute atomic E-state index is 12.6. The summed E-state index contributed by atoms with van der Waals surface area (Å²) in [6.45, 7) is 3.41. The lowest BCUT2D eigenvalue weighted by Crippen LogP contribution is -2.45. The highest BCUT2D eigenvalue weighted by atomic mass is 32.1. The number of nitrogens with zero attached hydrogens (tertiary/aromatic N) is 1. The summed E-state index contributed by atoms with van der Waals surface area (Å²) in [6, 6.07) is 7.82. The fourth-order valence-electron chi connectivity index (χ4n) is 3.21. The van der Waals surface area contributed by atoms with Gasteiger partial charge in [-0.25, -0.2) is 0 Å². The minimum atomic E-state index is -0.204. The highest BCUT2D eigenvalue weighted by Crippen LogP contribution is 2.46. The van der Waals surface area contributed by atoms with Crippen molar-refractivity contribution in [3.63, 3.8) is 0 Å². The molecule has 1 unspecified atom stereocenters. The summed E-state index contributed by atoms with van der Waals surface area (Å²) in [6.07, 6.45) is 0.995. The van der Waals surface area contributed by atoms with Crippen LogP contribution < -0.4 is 15.0 Å². The van der Waals surface area contributed by atoms with Crippen LogP contribution >= 0.6 is 11.3 Å². The molecule has 0 bridgehead atoms. The molecule has 1 amide bonds. The summed E-state index contributed by atoms with van der Waals surface area (Å²) in [5, 5.41) is 5.12. The average Bonchev–Trinajstić information content (AvgIpc) is 2.96. The van der Waals surface area contributed by atoms with Crippen molar-refractivity contribution in [2.75, 3.05) is 23.4 Å². The van der Waals surface area contributed by atoms with Gasteiger partial charge in [0.2, 0.25) is 0 Å². The minimum Gasteiger partial charge on any atom is -0.492 e. The quantitative estimate of drug-likeness (QED) is 0.926. The third kappa shape index (κ3) is 1.84. The average molecular weight is 300 g/mol. The van der Waals surface area contributed by atoms with E-state index in [0.717, 1.165) is 35.7 Å². The SMILES string of the molecule is CCOc1cccc2c1NC(=O)C1c3ccsc3CCN21. The highest BCUT2D eigenvalue weighted by molar-refractivity contribution is 7.10. The molecule has 0 fully saturated rings. The molecule has 1 aromatic carbocycles. The van der Waals surface area contributed by atoms with Crippen molar-refractivity contribution < 1.29 is 9.53 Å². The van der Waals surface area contributed by atoms with Crippen LogP contribution in [0.3, 0.4) is 0 Å². The van der Waals surface area contributed by atoms with Crippen LogP contribution in [0.1, 0.15) is 23.4 Å².